The summed E-state index contributed by atoms with van der Waals surface area (Å²) in [7, 11) is 0. The van der Waals surface area contributed by atoms with Gasteiger partial charge in [0.2, 0.25) is 0 Å². The van der Waals surface area contributed by atoms with Crippen molar-refractivity contribution in [2.24, 2.45) is 0 Å². The first-order chi connectivity index (χ1) is 11.0. The number of rotatable bonds is 3. The van der Waals surface area contributed by atoms with Gasteiger partial charge < -0.3 is 5.11 Å². The van der Waals surface area contributed by atoms with Gasteiger partial charge in [-0.25, -0.2) is 4.79 Å². The predicted octanol–water partition coefficient (Wildman–Crippen LogP) is 2.93. The number of aromatic nitrogens is 2. The molecule has 23 heavy (non-hydrogen) atoms. The van der Waals surface area contributed by atoms with E-state index in [0.29, 0.717) is 17.7 Å². The first-order valence-corrected chi connectivity index (χ1v) is 7.23. The molecule has 1 aliphatic carbocycles. The first kappa shape index (κ1) is 15.0. The maximum atomic E-state index is 12.0. The molecule has 5 heteroatoms. The van der Waals surface area contributed by atoms with Crippen molar-refractivity contribution < 1.29 is 14.7 Å². The fraction of sp³-hybridized carbons (Fsp3) is 0.167. The number of allylic oxidation sites excluding steroid dienone is 2. The Balaban J connectivity index is 2.15. The van der Waals surface area contributed by atoms with E-state index in [1.165, 1.54) is 0 Å². The van der Waals surface area contributed by atoms with Gasteiger partial charge in [-0.3, -0.25) is 4.79 Å². The van der Waals surface area contributed by atoms with Crippen LogP contribution in [0.3, 0.4) is 0 Å². The van der Waals surface area contributed by atoms with Crippen LogP contribution in [0, 0.1) is 0 Å². The van der Waals surface area contributed by atoms with Gasteiger partial charge in [-0.1, -0.05) is 56.0 Å². The minimum absolute atomic E-state index is 0.110. The maximum absolute atomic E-state index is 12.0. The molecule has 0 fully saturated rings. The van der Waals surface area contributed by atoms with Crippen molar-refractivity contribution in [1.29, 1.82) is 0 Å². The SMILES string of the molecule is C=CC(=O)n1nc(C(=O)O)c2c1CC(C)(c1ccccc1)C=C2. The molecule has 1 atom stereocenters. The van der Waals surface area contributed by atoms with Crippen LogP contribution in [0.2, 0.25) is 0 Å². The fourth-order valence-electron chi connectivity index (χ4n) is 2.93. The number of nitrogens with zero attached hydrogens (tertiary/aromatic N) is 2. The van der Waals surface area contributed by atoms with Crippen molar-refractivity contribution >= 4 is 18.0 Å². The normalized spacial score (nSPS) is 19.2. The number of fused-ring (bicyclic) bond motifs is 1. The van der Waals surface area contributed by atoms with Crippen molar-refractivity contribution in [1.82, 2.24) is 9.78 Å². The molecule has 2 aromatic rings. The minimum atomic E-state index is -1.15. The third-order valence-electron chi connectivity index (χ3n) is 4.19. The molecule has 0 spiro atoms. The molecule has 1 heterocycles. The summed E-state index contributed by atoms with van der Waals surface area (Å²) in [5, 5.41) is 13.3. The van der Waals surface area contributed by atoms with E-state index in [4.69, 9.17) is 0 Å². The van der Waals surface area contributed by atoms with Crippen molar-refractivity contribution in [2.45, 2.75) is 18.8 Å². The van der Waals surface area contributed by atoms with E-state index in [0.717, 1.165) is 16.3 Å². The van der Waals surface area contributed by atoms with E-state index in [-0.39, 0.29) is 11.1 Å². The Hall–Kier alpha value is -2.95. The molecule has 116 valence electrons. The first-order valence-electron chi connectivity index (χ1n) is 7.23. The van der Waals surface area contributed by atoms with Gasteiger partial charge in [-0.2, -0.15) is 9.78 Å². The van der Waals surface area contributed by atoms with Crippen molar-refractivity contribution in [3.8, 4) is 0 Å². The number of carboxylic acid groups (broad SMARTS) is 1. The fourth-order valence-corrected chi connectivity index (χ4v) is 2.93. The smallest absolute Gasteiger partial charge is 0.357 e. The van der Waals surface area contributed by atoms with E-state index < -0.39 is 11.9 Å². The molecule has 3 rings (SSSR count). The molecular weight excluding hydrogens is 292 g/mol. The molecule has 0 saturated carbocycles. The summed E-state index contributed by atoms with van der Waals surface area (Å²) in [6.45, 7) is 5.51. The third kappa shape index (κ3) is 2.40. The number of hydrogen-bond donors (Lipinski definition) is 1. The second-order valence-electron chi connectivity index (χ2n) is 5.76. The van der Waals surface area contributed by atoms with Crippen LogP contribution in [0.15, 0.2) is 49.1 Å². The second kappa shape index (κ2) is 5.35. The van der Waals surface area contributed by atoms with E-state index in [9.17, 15) is 14.7 Å². The molecule has 1 aromatic heterocycles. The molecule has 1 N–H and O–H groups in total. The number of carboxylic acids is 1. The molecular formula is C18H16N2O3. The lowest BCUT2D eigenvalue weighted by molar-refractivity contribution is 0.0689. The molecule has 5 nitrogen and oxygen atoms in total. The van der Waals surface area contributed by atoms with Gasteiger partial charge in [0.15, 0.2) is 5.69 Å². The molecule has 0 radical (unpaired) electrons. The zero-order valence-electron chi connectivity index (χ0n) is 12.7. The number of carbonyl (C=O) groups is 2. The van der Waals surface area contributed by atoms with Crippen molar-refractivity contribution in [3.63, 3.8) is 0 Å². The third-order valence-corrected chi connectivity index (χ3v) is 4.19. The summed E-state index contributed by atoms with van der Waals surface area (Å²) in [4.78, 5) is 23.4. The average molecular weight is 308 g/mol. The van der Waals surface area contributed by atoms with Crippen molar-refractivity contribution in [3.05, 3.63) is 71.6 Å². The Morgan fingerprint density at radius 2 is 2.04 bits per heavy atom. The lowest BCUT2D eigenvalue weighted by Crippen LogP contribution is -2.27. The Bertz CT molecular complexity index is 833. The van der Waals surface area contributed by atoms with E-state index in [2.05, 4.69) is 18.6 Å². The van der Waals surface area contributed by atoms with Crippen LogP contribution >= 0.6 is 0 Å². The number of aromatic carboxylic acids is 1. The average Bonchev–Trinajstić information content (AvgIpc) is 2.93. The number of hydrogen-bond acceptors (Lipinski definition) is 3. The predicted molar refractivity (Wildman–Crippen MR) is 86.5 cm³/mol. The standard InChI is InChI=1S/C18H16N2O3/c1-3-15(21)20-14-11-18(2,12-7-5-4-6-8-12)10-9-13(14)16(19-20)17(22)23/h3-10H,1,11H2,2H3,(H,22,23). The quantitative estimate of drug-likeness (QED) is 0.885. The van der Waals surface area contributed by atoms with Gasteiger partial charge >= 0.3 is 5.97 Å². The van der Waals surface area contributed by atoms with Gasteiger partial charge in [0.1, 0.15) is 0 Å². The summed E-state index contributed by atoms with van der Waals surface area (Å²) in [6, 6.07) is 9.89. The van der Waals surface area contributed by atoms with Gasteiger partial charge in [0.25, 0.3) is 5.91 Å². The summed E-state index contributed by atoms with van der Waals surface area (Å²) >= 11 is 0. The topological polar surface area (TPSA) is 72.2 Å². The van der Waals surface area contributed by atoms with Crippen LogP contribution in [-0.4, -0.2) is 26.8 Å². The number of carbonyl (C=O) groups excluding carboxylic acids is 1. The minimum Gasteiger partial charge on any atom is -0.476 e. The lowest BCUT2D eigenvalue weighted by Gasteiger charge is -2.30. The highest BCUT2D eigenvalue weighted by molar-refractivity contribution is 5.95. The highest BCUT2D eigenvalue weighted by Crippen LogP contribution is 2.36. The van der Waals surface area contributed by atoms with Crippen LogP contribution in [0.25, 0.3) is 6.08 Å². The van der Waals surface area contributed by atoms with Crippen LogP contribution in [0.1, 0.15) is 39.0 Å². The number of benzene rings is 1. The Morgan fingerprint density at radius 3 is 2.65 bits per heavy atom. The highest BCUT2D eigenvalue weighted by Gasteiger charge is 2.34. The molecule has 0 saturated heterocycles. The van der Waals surface area contributed by atoms with Crippen LogP contribution in [0.4, 0.5) is 0 Å². The summed E-state index contributed by atoms with van der Waals surface area (Å²) in [6.07, 6.45) is 5.34. The monoisotopic (exact) mass is 308 g/mol. The van der Waals surface area contributed by atoms with Crippen LogP contribution < -0.4 is 0 Å². The molecule has 0 bridgehead atoms. The van der Waals surface area contributed by atoms with Gasteiger partial charge in [-0.15, -0.1) is 0 Å². The largest absolute Gasteiger partial charge is 0.476 e. The summed E-state index contributed by atoms with van der Waals surface area (Å²) in [5.41, 5.74) is 1.74. The Kier molecular flexibility index (Phi) is 3.48. The van der Waals surface area contributed by atoms with Gasteiger partial charge in [0.05, 0.1) is 5.69 Å². The summed E-state index contributed by atoms with van der Waals surface area (Å²) in [5.74, 6) is -1.58. The van der Waals surface area contributed by atoms with Gasteiger partial charge in [0, 0.05) is 17.4 Å². The molecule has 1 aromatic carbocycles. The van der Waals surface area contributed by atoms with E-state index >= 15 is 0 Å². The highest BCUT2D eigenvalue weighted by atomic mass is 16.4. The Morgan fingerprint density at radius 1 is 1.35 bits per heavy atom. The molecule has 0 amide bonds. The van der Waals surface area contributed by atoms with E-state index in [1.54, 1.807) is 6.08 Å². The van der Waals surface area contributed by atoms with Crippen LogP contribution in [-0.2, 0) is 11.8 Å². The van der Waals surface area contributed by atoms with Gasteiger partial charge in [-0.05, 0) is 11.6 Å². The summed E-state index contributed by atoms with van der Waals surface area (Å²) < 4.78 is 1.15. The second-order valence-corrected chi connectivity index (χ2v) is 5.76. The molecule has 1 aliphatic rings. The zero-order valence-corrected chi connectivity index (χ0v) is 12.7. The maximum Gasteiger partial charge on any atom is 0.357 e. The lowest BCUT2D eigenvalue weighted by atomic mass is 9.74. The molecule has 0 aliphatic heterocycles. The van der Waals surface area contributed by atoms with Crippen molar-refractivity contribution in [2.75, 3.05) is 0 Å². The molecule has 1 unspecified atom stereocenters. The zero-order chi connectivity index (χ0) is 16.6. The Labute approximate surface area is 133 Å². The van der Waals surface area contributed by atoms with Crippen LogP contribution in [0.5, 0.6) is 0 Å². The van der Waals surface area contributed by atoms with E-state index in [1.807, 2.05) is 36.4 Å².